The van der Waals surface area contributed by atoms with Gasteiger partial charge in [-0.2, -0.15) is 5.10 Å². The minimum atomic E-state index is -0.273. The van der Waals surface area contributed by atoms with Gasteiger partial charge in [-0.15, -0.1) is 0 Å². The second-order valence-electron chi connectivity index (χ2n) is 6.97. The molecule has 0 spiro atoms. The average molecular weight is 487 g/mol. The van der Waals surface area contributed by atoms with Crippen LogP contribution in [-0.4, -0.2) is 15.7 Å². The minimum Gasteiger partial charge on any atom is -0.487 e. The molecule has 0 aliphatic carbocycles. The Morgan fingerprint density at radius 1 is 0.906 bits per heavy atom. The summed E-state index contributed by atoms with van der Waals surface area (Å²) in [6, 6.07) is 21.5. The molecule has 0 aliphatic rings. The summed E-state index contributed by atoms with van der Waals surface area (Å²) >= 11 is 18.6. The number of nitrogens with zero attached hydrogens (tertiary/aromatic N) is 2. The van der Waals surface area contributed by atoms with E-state index in [4.69, 9.17) is 39.5 Å². The molecule has 4 rings (SSSR count). The molecule has 1 N–H and O–H groups in total. The summed E-state index contributed by atoms with van der Waals surface area (Å²) in [4.78, 5) is 12.7. The van der Waals surface area contributed by atoms with E-state index < -0.39 is 0 Å². The van der Waals surface area contributed by atoms with Gasteiger partial charge in [0.15, 0.2) is 5.82 Å². The first-order chi connectivity index (χ1) is 15.5. The molecule has 0 saturated heterocycles. The predicted octanol–water partition coefficient (Wildman–Crippen LogP) is 6.72. The van der Waals surface area contributed by atoms with Crippen LogP contribution in [0.15, 0.2) is 79.0 Å². The van der Waals surface area contributed by atoms with Crippen LogP contribution in [0.4, 0.5) is 5.82 Å². The van der Waals surface area contributed by atoms with Gasteiger partial charge in [0.05, 0.1) is 11.6 Å². The first-order valence-corrected chi connectivity index (χ1v) is 10.9. The van der Waals surface area contributed by atoms with Gasteiger partial charge in [0.1, 0.15) is 12.4 Å². The van der Waals surface area contributed by atoms with Crippen LogP contribution < -0.4 is 10.1 Å². The molecule has 0 unspecified atom stereocenters. The van der Waals surface area contributed by atoms with Crippen molar-refractivity contribution in [2.75, 3.05) is 5.32 Å². The summed E-state index contributed by atoms with van der Waals surface area (Å²) in [5, 5.41) is 8.86. The lowest BCUT2D eigenvalue weighted by Gasteiger charge is -2.09. The fourth-order valence-electron chi connectivity index (χ4n) is 3.08. The van der Waals surface area contributed by atoms with E-state index in [-0.39, 0.29) is 12.5 Å². The summed E-state index contributed by atoms with van der Waals surface area (Å²) in [6.45, 7) is 0.682. The van der Waals surface area contributed by atoms with Crippen molar-refractivity contribution in [1.29, 1.82) is 0 Å². The number of para-hydroxylation sites is 1. The zero-order chi connectivity index (χ0) is 22.5. The van der Waals surface area contributed by atoms with Crippen molar-refractivity contribution in [2.24, 2.45) is 0 Å². The number of nitrogens with one attached hydrogen (secondary N) is 1. The number of benzene rings is 3. The van der Waals surface area contributed by atoms with Crippen LogP contribution in [0.2, 0.25) is 15.1 Å². The Balaban J connectivity index is 1.40. The number of anilines is 1. The van der Waals surface area contributed by atoms with Crippen LogP contribution in [0.1, 0.15) is 21.5 Å². The molecule has 0 radical (unpaired) electrons. The Morgan fingerprint density at radius 2 is 1.62 bits per heavy atom. The molecule has 5 nitrogen and oxygen atoms in total. The van der Waals surface area contributed by atoms with E-state index in [0.29, 0.717) is 38.7 Å². The van der Waals surface area contributed by atoms with Crippen molar-refractivity contribution in [3.05, 3.63) is 111 Å². The predicted molar refractivity (Wildman–Crippen MR) is 128 cm³/mol. The second-order valence-corrected chi connectivity index (χ2v) is 8.19. The third kappa shape index (κ3) is 5.43. The molecule has 1 heterocycles. The van der Waals surface area contributed by atoms with Crippen molar-refractivity contribution in [2.45, 2.75) is 13.2 Å². The SMILES string of the molecule is O=C(Nc1ccn(Cc2c(Cl)cccc2Cl)n1)c1cccc(COc2ccccc2Cl)c1. The van der Waals surface area contributed by atoms with Gasteiger partial charge in [-0.25, -0.2) is 0 Å². The topological polar surface area (TPSA) is 56.2 Å². The van der Waals surface area contributed by atoms with E-state index >= 15 is 0 Å². The molecule has 8 heteroatoms. The zero-order valence-corrected chi connectivity index (χ0v) is 19.0. The number of aromatic nitrogens is 2. The molecule has 162 valence electrons. The number of amides is 1. The normalized spacial score (nSPS) is 10.7. The first-order valence-electron chi connectivity index (χ1n) is 9.73. The molecule has 0 bridgehead atoms. The summed E-state index contributed by atoms with van der Waals surface area (Å²) in [6.07, 6.45) is 1.75. The standard InChI is InChI=1S/C24H18Cl3N3O2/c25-19-8-4-9-20(26)18(19)14-30-12-11-23(29-30)28-24(31)17-6-3-5-16(13-17)15-32-22-10-2-1-7-21(22)27/h1-13H,14-15H2,(H,28,29,31). The molecule has 1 amide bonds. The monoisotopic (exact) mass is 485 g/mol. The average Bonchev–Trinajstić information content (AvgIpc) is 3.23. The Labute approximate surface area is 200 Å². The number of carbonyl (C=O) groups is 1. The quantitative estimate of drug-likeness (QED) is 0.315. The number of carbonyl (C=O) groups excluding carboxylic acids is 1. The fourth-order valence-corrected chi connectivity index (χ4v) is 3.78. The summed E-state index contributed by atoms with van der Waals surface area (Å²) in [5.74, 6) is 0.745. The van der Waals surface area contributed by atoms with Gasteiger partial charge in [0.2, 0.25) is 0 Å². The minimum absolute atomic E-state index is 0.273. The molecule has 1 aromatic heterocycles. The number of ether oxygens (including phenoxy) is 1. The smallest absolute Gasteiger partial charge is 0.256 e. The lowest BCUT2D eigenvalue weighted by Crippen LogP contribution is -2.13. The zero-order valence-electron chi connectivity index (χ0n) is 16.8. The Kier molecular flexibility index (Phi) is 7.00. The molecule has 0 saturated carbocycles. The van der Waals surface area contributed by atoms with Gasteiger partial charge < -0.3 is 10.1 Å². The Morgan fingerprint density at radius 3 is 2.41 bits per heavy atom. The van der Waals surface area contributed by atoms with E-state index in [1.165, 1.54) is 0 Å². The Hall–Kier alpha value is -2.99. The highest BCUT2D eigenvalue weighted by molar-refractivity contribution is 6.36. The maximum absolute atomic E-state index is 12.7. The molecule has 0 aliphatic heterocycles. The lowest BCUT2D eigenvalue weighted by molar-refractivity contribution is 0.102. The van der Waals surface area contributed by atoms with Gasteiger partial charge in [0.25, 0.3) is 5.91 Å². The lowest BCUT2D eigenvalue weighted by atomic mass is 10.1. The Bertz CT molecular complexity index is 1240. The van der Waals surface area contributed by atoms with Gasteiger partial charge >= 0.3 is 0 Å². The van der Waals surface area contributed by atoms with Crippen molar-refractivity contribution >= 4 is 46.5 Å². The maximum atomic E-state index is 12.7. The summed E-state index contributed by atoms with van der Waals surface area (Å²) in [5.41, 5.74) is 2.11. The van der Waals surface area contributed by atoms with Crippen molar-refractivity contribution in [3.63, 3.8) is 0 Å². The molecular formula is C24H18Cl3N3O2. The highest BCUT2D eigenvalue weighted by Crippen LogP contribution is 2.26. The third-order valence-corrected chi connectivity index (χ3v) is 5.70. The van der Waals surface area contributed by atoms with E-state index in [2.05, 4.69) is 10.4 Å². The van der Waals surface area contributed by atoms with Crippen LogP contribution in [-0.2, 0) is 13.2 Å². The molecule has 4 aromatic rings. The number of hydrogen-bond acceptors (Lipinski definition) is 3. The van der Waals surface area contributed by atoms with Crippen LogP contribution >= 0.6 is 34.8 Å². The highest BCUT2D eigenvalue weighted by atomic mass is 35.5. The van der Waals surface area contributed by atoms with E-state index in [1.54, 1.807) is 65.5 Å². The molecular weight excluding hydrogens is 469 g/mol. The van der Waals surface area contributed by atoms with Gasteiger partial charge in [0, 0.05) is 33.4 Å². The van der Waals surface area contributed by atoms with Crippen LogP contribution in [0, 0.1) is 0 Å². The summed E-state index contributed by atoms with van der Waals surface area (Å²) < 4.78 is 7.42. The molecule has 0 fully saturated rings. The first kappa shape index (κ1) is 22.2. The van der Waals surface area contributed by atoms with E-state index in [1.807, 2.05) is 18.2 Å². The van der Waals surface area contributed by atoms with Crippen LogP contribution in [0.25, 0.3) is 0 Å². The third-order valence-electron chi connectivity index (χ3n) is 4.68. The molecule has 32 heavy (non-hydrogen) atoms. The summed E-state index contributed by atoms with van der Waals surface area (Å²) in [7, 11) is 0. The maximum Gasteiger partial charge on any atom is 0.256 e. The van der Waals surface area contributed by atoms with Gasteiger partial charge in [-0.05, 0) is 42.0 Å². The fraction of sp³-hybridized carbons (Fsp3) is 0.0833. The van der Waals surface area contributed by atoms with Crippen LogP contribution in [0.5, 0.6) is 5.75 Å². The van der Waals surface area contributed by atoms with Crippen LogP contribution in [0.3, 0.4) is 0 Å². The molecule has 3 aromatic carbocycles. The van der Waals surface area contributed by atoms with E-state index in [9.17, 15) is 4.79 Å². The second kappa shape index (κ2) is 10.1. The number of rotatable bonds is 7. The van der Waals surface area contributed by atoms with Gasteiger partial charge in [-0.3, -0.25) is 9.48 Å². The van der Waals surface area contributed by atoms with Crippen molar-refractivity contribution in [1.82, 2.24) is 9.78 Å². The number of hydrogen-bond donors (Lipinski definition) is 1. The molecule has 0 atom stereocenters. The highest BCUT2D eigenvalue weighted by Gasteiger charge is 2.11. The van der Waals surface area contributed by atoms with Crippen molar-refractivity contribution in [3.8, 4) is 5.75 Å². The van der Waals surface area contributed by atoms with Gasteiger partial charge in [-0.1, -0.05) is 65.1 Å². The van der Waals surface area contributed by atoms with E-state index in [0.717, 1.165) is 11.1 Å². The van der Waals surface area contributed by atoms with Crippen molar-refractivity contribution < 1.29 is 9.53 Å². The number of halogens is 3. The largest absolute Gasteiger partial charge is 0.487 e.